The lowest BCUT2D eigenvalue weighted by molar-refractivity contribution is -0.140. The lowest BCUT2D eigenvalue weighted by Crippen LogP contribution is -2.61. The summed E-state index contributed by atoms with van der Waals surface area (Å²) in [4.78, 5) is 15.2. The molecule has 2 heterocycles. The minimum atomic E-state index is -0.752. The summed E-state index contributed by atoms with van der Waals surface area (Å²) in [5, 5.41) is 12.1. The third-order valence-corrected chi connectivity index (χ3v) is 3.09. The average molecular weight is 223 g/mol. The van der Waals surface area contributed by atoms with Crippen LogP contribution in [0, 0.1) is 0 Å². The van der Waals surface area contributed by atoms with E-state index in [-0.39, 0.29) is 12.0 Å². The minimum Gasteiger partial charge on any atom is -0.481 e. The van der Waals surface area contributed by atoms with Crippen LogP contribution >= 0.6 is 0 Å². The molecule has 5 nitrogen and oxygen atoms in total. The molecule has 0 saturated carbocycles. The summed E-state index contributed by atoms with van der Waals surface area (Å²) < 4.78 is 2.04. The highest BCUT2D eigenvalue weighted by molar-refractivity contribution is 5.68. The van der Waals surface area contributed by atoms with Crippen LogP contribution in [0.25, 0.3) is 0 Å². The van der Waals surface area contributed by atoms with Crippen molar-refractivity contribution >= 4 is 5.97 Å². The molecule has 2 rings (SSSR count). The van der Waals surface area contributed by atoms with Crippen molar-refractivity contribution in [2.24, 2.45) is 0 Å². The number of aromatic nitrogens is 2. The van der Waals surface area contributed by atoms with E-state index in [4.69, 9.17) is 5.11 Å². The molecule has 2 N–H and O–H groups in total. The van der Waals surface area contributed by atoms with Gasteiger partial charge in [-0.05, 0) is 6.42 Å². The zero-order valence-corrected chi connectivity index (χ0v) is 9.44. The van der Waals surface area contributed by atoms with Crippen LogP contribution in [-0.4, -0.2) is 33.7 Å². The first-order chi connectivity index (χ1) is 7.68. The van der Waals surface area contributed by atoms with Crippen LogP contribution in [0.4, 0.5) is 0 Å². The number of aryl methyl sites for hydroxylation is 1. The molecule has 0 amide bonds. The van der Waals surface area contributed by atoms with Crippen molar-refractivity contribution in [2.75, 3.05) is 13.1 Å². The number of imidazole rings is 1. The second kappa shape index (κ2) is 4.25. The largest absolute Gasteiger partial charge is 0.481 e. The highest BCUT2D eigenvalue weighted by atomic mass is 16.4. The van der Waals surface area contributed by atoms with E-state index in [1.54, 1.807) is 6.20 Å². The Labute approximate surface area is 94.5 Å². The Balaban J connectivity index is 2.25. The van der Waals surface area contributed by atoms with Crippen LogP contribution in [0.5, 0.6) is 0 Å². The van der Waals surface area contributed by atoms with Crippen molar-refractivity contribution in [1.82, 2.24) is 14.9 Å². The van der Waals surface area contributed by atoms with Crippen molar-refractivity contribution in [2.45, 2.75) is 31.7 Å². The highest BCUT2D eigenvalue weighted by Crippen LogP contribution is 2.27. The first-order valence-electron chi connectivity index (χ1n) is 5.63. The molecule has 88 valence electrons. The standard InChI is InChI=1S/C11H17N3O2/c1-2-3-9-13-4-5-14(9)11(6-10(15)16)7-12-8-11/h4-5,12H,2-3,6-8H2,1H3,(H,15,16). The van der Waals surface area contributed by atoms with Gasteiger partial charge in [-0.1, -0.05) is 6.92 Å². The predicted molar refractivity (Wildman–Crippen MR) is 59.3 cm³/mol. The molecule has 16 heavy (non-hydrogen) atoms. The summed E-state index contributed by atoms with van der Waals surface area (Å²) >= 11 is 0. The molecule has 1 aromatic heterocycles. The van der Waals surface area contributed by atoms with Gasteiger partial charge >= 0.3 is 5.97 Å². The van der Waals surface area contributed by atoms with Crippen LogP contribution in [0.15, 0.2) is 12.4 Å². The van der Waals surface area contributed by atoms with Gasteiger partial charge in [0, 0.05) is 31.9 Å². The van der Waals surface area contributed by atoms with Gasteiger partial charge in [-0.15, -0.1) is 0 Å². The summed E-state index contributed by atoms with van der Waals surface area (Å²) in [5.41, 5.74) is -0.299. The van der Waals surface area contributed by atoms with Crippen molar-refractivity contribution in [3.05, 3.63) is 18.2 Å². The molecule has 1 aliphatic rings. The monoisotopic (exact) mass is 223 g/mol. The Morgan fingerprint density at radius 1 is 1.69 bits per heavy atom. The van der Waals surface area contributed by atoms with Crippen molar-refractivity contribution < 1.29 is 9.90 Å². The van der Waals surface area contributed by atoms with Gasteiger partial charge in [0.15, 0.2) is 0 Å². The zero-order valence-electron chi connectivity index (χ0n) is 9.44. The second-order valence-corrected chi connectivity index (χ2v) is 4.36. The SMILES string of the molecule is CCCc1nccn1C1(CC(=O)O)CNC1. The van der Waals surface area contributed by atoms with Gasteiger partial charge in [-0.3, -0.25) is 4.79 Å². The fourth-order valence-corrected chi connectivity index (χ4v) is 2.25. The van der Waals surface area contributed by atoms with Gasteiger partial charge in [0.2, 0.25) is 0 Å². The van der Waals surface area contributed by atoms with E-state index in [1.165, 1.54) is 0 Å². The summed E-state index contributed by atoms with van der Waals surface area (Å²) in [5.74, 6) is 0.239. The molecular weight excluding hydrogens is 206 g/mol. The van der Waals surface area contributed by atoms with Crippen LogP contribution in [0.1, 0.15) is 25.6 Å². The Morgan fingerprint density at radius 2 is 2.44 bits per heavy atom. The summed E-state index contributed by atoms with van der Waals surface area (Å²) in [6, 6.07) is 0. The Hall–Kier alpha value is -1.36. The van der Waals surface area contributed by atoms with Crippen LogP contribution < -0.4 is 5.32 Å². The number of carboxylic acid groups (broad SMARTS) is 1. The Morgan fingerprint density at radius 3 is 2.94 bits per heavy atom. The summed E-state index contributed by atoms with van der Waals surface area (Å²) in [6.45, 7) is 3.53. The smallest absolute Gasteiger partial charge is 0.305 e. The first kappa shape index (κ1) is 11.1. The maximum Gasteiger partial charge on any atom is 0.305 e. The van der Waals surface area contributed by atoms with Crippen molar-refractivity contribution in [3.63, 3.8) is 0 Å². The number of hydrogen-bond donors (Lipinski definition) is 2. The van der Waals surface area contributed by atoms with Gasteiger partial charge in [0.1, 0.15) is 5.82 Å². The average Bonchev–Trinajstić information content (AvgIpc) is 2.60. The third kappa shape index (κ3) is 1.82. The topological polar surface area (TPSA) is 67.2 Å². The Kier molecular flexibility index (Phi) is 2.96. The summed E-state index contributed by atoms with van der Waals surface area (Å²) in [7, 11) is 0. The van der Waals surface area contributed by atoms with Crippen LogP contribution in [-0.2, 0) is 16.8 Å². The molecule has 1 aromatic rings. The van der Waals surface area contributed by atoms with E-state index in [0.29, 0.717) is 13.1 Å². The molecule has 0 bridgehead atoms. The number of carboxylic acids is 1. The Bertz CT molecular complexity index is 382. The van der Waals surface area contributed by atoms with E-state index in [0.717, 1.165) is 18.7 Å². The highest BCUT2D eigenvalue weighted by Gasteiger charge is 2.41. The quantitative estimate of drug-likeness (QED) is 0.767. The number of nitrogens with zero attached hydrogens (tertiary/aromatic N) is 2. The third-order valence-electron chi connectivity index (χ3n) is 3.09. The molecule has 0 radical (unpaired) electrons. The minimum absolute atomic E-state index is 0.160. The van der Waals surface area contributed by atoms with Crippen LogP contribution in [0.2, 0.25) is 0 Å². The van der Waals surface area contributed by atoms with Crippen molar-refractivity contribution in [1.29, 1.82) is 0 Å². The number of aliphatic carboxylic acids is 1. The molecule has 0 aromatic carbocycles. The van der Waals surface area contributed by atoms with Gasteiger partial charge in [0.05, 0.1) is 12.0 Å². The number of hydrogen-bond acceptors (Lipinski definition) is 3. The lowest BCUT2D eigenvalue weighted by Gasteiger charge is -2.43. The molecule has 0 aliphatic carbocycles. The molecular formula is C11H17N3O2. The molecule has 0 atom stereocenters. The van der Waals surface area contributed by atoms with Gasteiger partial charge < -0.3 is 15.0 Å². The number of rotatable bonds is 5. The molecule has 1 fully saturated rings. The second-order valence-electron chi connectivity index (χ2n) is 4.36. The van der Waals surface area contributed by atoms with Crippen molar-refractivity contribution in [3.8, 4) is 0 Å². The van der Waals surface area contributed by atoms with E-state index < -0.39 is 5.97 Å². The van der Waals surface area contributed by atoms with E-state index >= 15 is 0 Å². The summed E-state index contributed by atoms with van der Waals surface area (Å²) in [6.07, 6.45) is 5.73. The normalized spacial score (nSPS) is 18.1. The van der Waals surface area contributed by atoms with E-state index in [2.05, 4.69) is 17.2 Å². The number of carbonyl (C=O) groups is 1. The molecule has 1 aliphatic heterocycles. The zero-order chi connectivity index (χ0) is 11.6. The van der Waals surface area contributed by atoms with Gasteiger partial charge in [0.25, 0.3) is 0 Å². The lowest BCUT2D eigenvalue weighted by atomic mass is 9.88. The molecule has 5 heteroatoms. The molecule has 1 saturated heterocycles. The number of nitrogens with one attached hydrogen (secondary N) is 1. The first-order valence-corrected chi connectivity index (χ1v) is 5.63. The maximum atomic E-state index is 10.9. The van der Waals surface area contributed by atoms with Crippen LogP contribution in [0.3, 0.4) is 0 Å². The van der Waals surface area contributed by atoms with Gasteiger partial charge in [-0.2, -0.15) is 0 Å². The maximum absolute atomic E-state index is 10.9. The molecule has 0 spiro atoms. The van der Waals surface area contributed by atoms with E-state index in [9.17, 15) is 4.79 Å². The van der Waals surface area contributed by atoms with E-state index in [1.807, 2.05) is 10.8 Å². The van der Waals surface area contributed by atoms with Gasteiger partial charge in [-0.25, -0.2) is 4.98 Å². The fraction of sp³-hybridized carbons (Fsp3) is 0.636. The predicted octanol–water partition coefficient (Wildman–Crippen LogP) is 0.609. The fourth-order valence-electron chi connectivity index (χ4n) is 2.25. The molecule has 0 unspecified atom stereocenters.